The molecule has 3 rings (SSSR count). The molecule has 0 fully saturated rings. The SMILES string of the molecule is CCCCCN1N=C(C(=O)NC(C)(C)Cc2ccc(F)cc2)CC1c1ccccc1. The molecule has 0 saturated heterocycles. The molecule has 0 radical (unpaired) electrons. The number of nitrogens with one attached hydrogen (secondary N) is 1. The molecule has 1 unspecified atom stereocenters. The summed E-state index contributed by atoms with van der Waals surface area (Å²) in [5.41, 5.74) is 2.28. The number of carbonyl (C=O) groups is 1. The van der Waals surface area contributed by atoms with Gasteiger partial charge in [0.1, 0.15) is 11.5 Å². The van der Waals surface area contributed by atoms with E-state index in [2.05, 4.69) is 29.4 Å². The van der Waals surface area contributed by atoms with Gasteiger partial charge in [-0.3, -0.25) is 9.80 Å². The number of benzene rings is 2. The summed E-state index contributed by atoms with van der Waals surface area (Å²) in [4.78, 5) is 13.0. The Bertz CT molecular complexity index is 862. The van der Waals surface area contributed by atoms with E-state index in [1.165, 1.54) is 17.7 Å². The van der Waals surface area contributed by atoms with Crippen LogP contribution >= 0.6 is 0 Å². The fourth-order valence-electron chi connectivity index (χ4n) is 3.92. The molecule has 2 aromatic carbocycles. The number of halogens is 1. The molecule has 0 saturated carbocycles. The van der Waals surface area contributed by atoms with E-state index in [9.17, 15) is 9.18 Å². The minimum atomic E-state index is -0.463. The van der Waals surface area contributed by atoms with Gasteiger partial charge in [0, 0.05) is 18.5 Å². The molecular formula is C25H32FN3O. The average Bonchev–Trinajstić information content (AvgIpc) is 3.14. The maximum Gasteiger partial charge on any atom is 0.267 e. The van der Waals surface area contributed by atoms with Crippen molar-refractivity contribution in [3.05, 3.63) is 71.5 Å². The lowest BCUT2D eigenvalue weighted by Gasteiger charge is -2.26. The Morgan fingerprint density at radius 1 is 1.13 bits per heavy atom. The van der Waals surface area contributed by atoms with Crippen LogP contribution in [0.3, 0.4) is 0 Å². The number of carbonyl (C=O) groups excluding carboxylic acids is 1. The van der Waals surface area contributed by atoms with Crippen LogP contribution in [-0.2, 0) is 11.2 Å². The molecule has 1 aliphatic heterocycles. The summed E-state index contributed by atoms with van der Waals surface area (Å²) in [5, 5.41) is 9.92. The first-order valence-electron chi connectivity index (χ1n) is 10.8. The fraction of sp³-hybridized carbons (Fsp3) is 0.440. The summed E-state index contributed by atoms with van der Waals surface area (Å²) >= 11 is 0. The lowest BCUT2D eigenvalue weighted by molar-refractivity contribution is -0.116. The first-order valence-corrected chi connectivity index (χ1v) is 10.8. The number of nitrogens with zero attached hydrogens (tertiary/aromatic N) is 2. The molecule has 2 aromatic rings. The Hall–Kier alpha value is -2.69. The van der Waals surface area contributed by atoms with E-state index in [-0.39, 0.29) is 17.8 Å². The van der Waals surface area contributed by atoms with Crippen molar-refractivity contribution >= 4 is 11.6 Å². The van der Waals surface area contributed by atoms with Gasteiger partial charge in [-0.15, -0.1) is 0 Å². The third-order valence-electron chi connectivity index (χ3n) is 5.44. The molecule has 0 aromatic heterocycles. The highest BCUT2D eigenvalue weighted by atomic mass is 19.1. The van der Waals surface area contributed by atoms with Crippen molar-refractivity contribution < 1.29 is 9.18 Å². The average molecular weight is 410 g/mol. The lowest BCUT2D eigenvalue weighted by Crippen LogP contribution is -2.47. The van der Waals surface area contributed by atoms with Crippen molar-refractivity contribution in [1.82, 2.24) is 10.3 Å². The minimum absolute atomic E-state index is 0.101. The van der Waals surface area contributed by atoms with Crippen molar-refractivity contribution in [2.24, 2.45) is 5.10 Å². The third-order valence-corrected chi connectivity index (χ3v) is 5.44. The summed E-state index contributed by atoms with van der Waals surface area (Å²) < 4.78 is 13.2. The van der Waals surface area contributed by atoms with Crippen LogP contribution in [0.2, 0.25) is 0 Å². The van der Waals surface area contributed by atoms with Gasteiger partial charge < -0.3 is 5.32 Å². The van der Waals surface area contributed by atoms with Gasteiger partial charge in [-0.2, -0.15) is 5.10 Å². The molecule has 0 aliphatic carbocycles. The normalized spacial score (nSPS) is 16.5. The second kappa shape index (κ2) is 9.88. The molecule has 1 atom stereocenters. The van der Waals surface area contributed by atoms with Gasteiger partial charge in [-0.05, 0) is 49.9 Å². The van der Waals surface area contributed by atoms with Crippen LogP contribution in [0, 0.1) is 5.82 Å². The van der Waals surface area contributed by atoms with Crippen molar-refractivity contribution in [2.75, 3.05) is 6.54 Å². The topological polar surface area (TPSA) is 44.7 Å². The second-order valence-corrected chi connectivity index (χ2v) is 8.69. The molecule has 1 amide bonds. The van der Waals surface area contributed by atoms with Crippen molar-refractivity contribution in [3.63, 3.8) is 0 Å². The Morgan fingerprint density at radius 2 is 1.83 bits per heavy atom. The monoisotopic (exact) mass is 409 g/mol. The molecule has 4 nitrogen and oxygen atoms in total. The van der Waals surface area contributed by atoms with E-state index in [1.54, 1.807) is 12.1 Å². The summed E-state index contributed by atoms with van der Waals surface area (Å²) in [6.45, 7) is 7.00. The van der Waals surface area contributed by atoms with Crippen molar-refractivity contribution in [3.8, 4) is 0 Å². The van der Waals surface area contributed by atoms with Gasteiger partial charge in [0.2, 0.25) is 0 Å². The number of rotatable bonds is 9. The van der Waals surface area contributed by atoms with Crippen molar-refractivity contribution in [2.45, 2.75) is 64.5 Å². The Labute approximate surface area is 179 Å². The largest absolute Gasteiger partial charge is 0.346 e. The Balaban J connectivity index is 1.68. The molecule has 0 spiro atoms. The fourth-order valence-corrected chi connectivity index (χ4v) is 3.92. The van der Waals surface area contributed by atoms with E-state index in [4.69, 9.17) is 5.10 Å². The zero-order chi connectivity index (χ0) is 21.6. The zero-order valence-electron chi connectivity index (χ0n) is 18.2. The summed E-state index contributed by atoms with van der Waals surface area (Å²) in [7, 11) is 0. The van der Waals surface area contributed by atoms with E-state index >= 15 is 0 Å². The van der Waals surface area contributed by atoms with Crippen molar-refractivity contribution in [1.29, 1.82) is 0 Å². The van der Waals surface area contributed by atoms with Gasteiger partial charge in [0.25, 0.3) is 5.91 Å². The van der Waals surface area contributed by atoms with Crippen LogP contribution in [0.5, 0.6) is 0 Å². The van der Waals surface area contributed by atoms with Gasteiger partial charge in [-0.25, -0.2) is 4.39 Å². The molecule has 1 heterocycles. The lowest BCUT2D eigenvalue weighted by atomic mass is 9.94. The molecule has 30 heavy (non-hydrogen) atoms. The predicted octanol–water partition coefficient (Wildman–Crippen LogP) is 5.26. The van der Waals surface area contributed by atoms with Crippen LogP contribution in [0.4, 0.5) is 4.39 Å². The van der Waals surface area contributed by atoms with Gasteiger partial charge in [-0.1, -0.05) is 62.2 Å². The van der Waals surface area contributed by atoms with Crippen LogP contribution in [0.15, 0.2) is 59.7 Å². The summed E-state index contributed by atoms with van der Waals surface area (Å²) in [5.74, 6) is -0.378. The Kier molecular flexibility index (Phi) is 7.24. The van der Waals surface area contributed by atoms with Gasteiger partial charge in [0.05, 0.1) is 6.04 Å². The van der Waals surface area contributed by atoms with Crippen LogP contribution in [-0.4, -0.2) is 28.7 Å². The second-order valence-electron chi connectivity index (χ2n) is 8.69. The zero-order valence-corrected chi connectivity index (χ0v) is 18.2. The first kappa shape index (κ1) is 22.0. The first-order chi connectivity index (χ1) is 14.4. The standard InChI is InChI=1S/C25H32FN3O/c1-4-5-9-16-29-23(20-10-7-6-8-11-20)17-22(28-29)24(30)27-25(2,3)18-19-12-14-21(26)15-13-19/h6-8,10-15,23H,4-5,9,16-18H2,1-3H3,(H,27,30). The molecular weight excluding hydrogens is 377 g/mol. The molecule has 5 heteroatoms. The number of hydrogen-bond acceptors (Lipinski definition) is 3. The van der Waals surface area contributed by atoms with E-state index < -0.39 is 5.54 Å². The van der Waals surface area contributed by atoms with E-state index in [0.717, 1.165) is 31.4 Å². The highest BCUT2D eigenvalue weighted by Gasteiger charge is 2.33. The number of amides is 1. The highest BCUT2D eigenvalue weighted by molar-refractivity contribution is 6.39. The number of hydrazone groups is 1. The quantitative estimate of drug-likeness (QED) is 0.575. The number of unbranched alkanes of at least 4 members (excludes halogenated alkanes) is 2. The molecule has 1 N–H and O–H groups in total. The third kappa shape index (κ3) is 5.91. The van der Waals surface area contributed by atoms with Gasteiger partial charge >= 0.3 is 0 Å². The molecule has 0 bridgehead atoms. The van der Waals surface area contributed by atoms with Gasteiger partial charge in [0.15, 0.2) is 0 Å². The minimum Gasteiger partial charge on any atom is -0.346 e. The smallest absolute Gasteiger partial charge is 0.267 e. The summed E-state index contributed by atoms with van der Waals surface area (Å²) in [6.07, 6.45) is 4.59. The molecule has 1 aliphatic rings. The molecule has 160 valence electrons. The number of hydrogen-bond donors (Lipinski definition) is 1. The van der Waals surface area contributed by atoms with Crippen LogP contribution in [0.25, 0.3) is 0 Å². The highest BCUT2D eigenvalue weighted by Crippen LogP contribution is 2.31. The van der Waals surface area contributed by atoms with Crippen LogP contribution in [0.1, 0.15) is 63.6 Å². The Morgan fingerprint density at radius 3 is 2.50 bits per heavy atom. The van der Waals surface area contributed by atoms with E-state index in [0.29, 0.717) is 18.6 Å². The summed E-state index contributed by atoms with van der Waals surface area (Å²) in [6, 6.07) is 16.8. The maximum atomic E-state index is 13.2. The van der Waals surface area contributed by atoms with Crippen LogP contribution < -0.4 is 5.32 Å². The van der Waals surface area contributed by atoms with E-state index in [1.807, 2.05) is 32.0 Å². The maximum absolute atomic E-state index is 13.2. The predicted molar refractivity (Wildman–Crippen MR) is 120 cm³/mol.